The van der Waals surface area contributed by atoms with Crippen molar-refractivity contribution in [1.29, 1.82) is 0 Å². The summed E-state index contributed by atoms with van der Waals surface area (Å²) in [6.45, 7) is 1.05. The number of benzene rings is 1. The largest absolute Gasteiger partial charge is 0.481 e. The van der Waals surface area contributed by atoms with E-state index in [1.54, 1.807) is 19.4 Å². The van der Waals surface area contributed by atoms with Crippen LogP contribution in [0.4, 0.5) is 5.69 Å². The summed E-state index contributed by atoms with van der Waals surface area (Å²) in [5.74, 6) is 0.569. The lowest BCUT2D eigenvalue weighted by molar-refractivity contribution is -0.384. The van der Waals surface area contributed by atoms with E-state index >= 15 is 0 Å². The molecule has 21 heavy (non-hydrogen) atoms. The first-order chi connectivity index (χ1) is 10.1. The van der Waals surface area contributed by atoms with Crippen LogP contribution in [0.5, 0.6) is 5.88 Å². The molecule has 0 saturated heterocycles. The van der Waals surface area contributed by atoms with Crippen LogP contribution in [0.25, 0.3) is 0 Å². The van der Waals surface area contributed by atoms with Crippen molar-refractivity contribution >= 4 is 17.3 Å². The van der Waals surface area contributed by atoms with Crippen LogP contribution in [-0.4, -0.2) is 17.0 Å². The van der Waals surface area contributed by atoms with Crippen molar-refractivity contribution in [2.24, 2.45) is 0 Å². The normalized spacial score (nSPS) is 10.4. The number of non-ortho nitro benzene ring substituents is 1. The monoisotopic (exact) mass is 307 g/mol. The van der Waals surface area contributed by atoms with Gasteiger partial charge < -0.3 is 10.1 Å². The van der Waals surface area contributed by atoms with E-state index in [9.17, 15) is 10.1 Å². The molecule has 0 atom stereocenters. The van der Waals surface area contributed by atoms with Gasteiger partial charge in [0.1, 0.15) is 0 Å². The summed E-state index contributed by atoms with van der Waals surface area (Å²) >= 11 is 6.03. The number of rotatable bonds is 6. The fraction of sp³-hybridized carbons (Fsp3) is 0.214. The molecule has 0 radical (unpaired) electrons. The quantitative estimate of drug-likeness (QED) is 0.656. The van der Waals surface area contributed by atoms with E-state index in [1.165, 1.54) is 12.1 Å². The van der Waals surface area contributed by atoms with Gasteiger partial charge >= 0.3 is 0 Å². The second-order valence-electron chi connectivity index (χ2n) is 4.31. The van der Waals surface area contributed by atoms with E-state index in [4.69, 9.17) is 16.3 Å². The zero-order chi connectivity index (χ0) is 15.2. The Bertz CT molecular complexity index is 649. The molecular weight excluding hydrogens is 294 g/mol. The van der Waals surface area contributed by atoms with Gasteiger partial charge in [0.15, 0.2) is 0 Å². The van der Waals surface area contributed by atoms with Gasteiger partial charge in [0.05, 0.1) is 17.1 Å². The van der Waals surface area contributed by atoms with Crippen molar-refractivity contribution in [1.82, 2.24) is 10.3 Å². The molecule has 0 unspecified atom stereocenters. The molecule has 0 spiro atoms. The van der Waals surface area contributed by atoms with Crippen molar-refractivity contribution in [3.8, 4) is 5.88 Å². The number of nitro groups is 1. The number of hydrogen-bond donors (Lipinski definition) is 1. The summed E-state index contributed by atoms with van der Waals surface area (Å²) in [6.07, 6.45) is 1.66. The van der Waals surface area contributed by atoms with Gasteiger partial charge in [-0.25, -0.2) is 4.98 Å². The van der Waals surface area contributed by atoms with E-state index in [1.807, 2.05) is 12.1 Å². The van der Waals surface area contributed by atoms with Gasteiger partial charge in [0, 0.05) is 37.0 Å². The third kappa shape index (κ3) is 3.90. The predicted octanol–water partition coefficient (Wildman–Crippen LogP) is 2.94. The molecule has 1 aromatic carbocycles. The highest BCUT2D eigenvalue weighted by Crippen LogP contribution is 2.22. The van der Waals surface area contributed by atoms with E-state index in [2.05, 4.69) is 10.3 Å². The second kappa shape index (κ2) is 7.01. The fourth-order valence-corrected chi connectivity index (χ4v) is 2.11. The third-order valence-corrected chi connectivity index (χ3v) is 3.27. The van der Waals surface area contributed by atoms with E-state index in [0.717, 1.165) is 11.1 Å². The molecule has 1 N–H and O–H groups in total. The minimum atomic E-state index is -0.469. The Hall–Kier alpha value is -2.18. The lowest BCUT2D eigenvalue weighted by Crippen LogP contribution is -2.14. The molecule has 0 saturated carbocycles. The number of nitro benzene ring substituents is 1. The molecule has 0 aliphatic heterocycles. The molecule has 7 heteroatoms. The zero-order valence-corrected chi connectivity index (χ0v) is 12.1. The zero-order valence-electron chi connectivity index (χ0n) is 11.4. The van der Waals surface area contributed by atoms with Crippen molar-refractivity contribution in [3.63, 3.8) is 0 Å². The van der Waals surface area contributed by atoms with E-state index in [-0.39, 0.29) is 5.69 Å². The standard InChI is InChI=1S/C14H14ClN3O3/c1-21-14-11(3-2-6-17-14)9-16-8-10-4-5-12(18(19)20)7-13(10)15/h2-7,16H,8-9H2,1H3. The first-order valence-corrected chi connectivity index (χ1v) is 6.61. The third-order valence-electron chi connectivity index (χ3n) is 2.92. The summed E-state index contributed by atoms with van der Waals surface area (Å²) in [7, 11) is 1.57. The highest BCUT2D eigenvalue weighted by Gasteiger charge is 2.09. The number of pyridine rings is 1. The van der Waals surface area contributed by atoms with E-state index < -0.39 is 4.92 Å². The van der Waals surface area contributed by atoms with Gasteiger partial charge in [-0.05, 0) is 17.7 Å². The van der Waals surface area contributed by atoms with Crippen LogP contribution in [0, 0.1) is 10.1 Å². The maximum Gasteiger partial charge on any atom is 0.270 e. The summed E-state index contributed by atoms with van der Waals surface area (Å²) in [5, 5.41) is 14.2. The topological polar surface area (TPSA) is 77.3 Å². The minimum absolute atomic E-state index is 0.0160. The van der Waals surface area contributed by atoms with Crippen LogP contribution in [0.2, 0.25) is 5.02 Å². The Balaban J connectivity index is 1.99. The Kier molecular flexibility index (Phi) is 5.08. The smallest absolute Gasteiger partial charge is 0.270 e. The predicted molar refractivity (Wildman–Crippen MR) is 79.4 cm³/mol. The van der Waals surface area contributed by atoms with Crippen LogP contribution >= 0.6 is 11.6 Å². The van der Waals surface area contributed by atoms with Crippen molar-refractivity contribution in [3.05, 3.63) is 62.8 Å². The van der Waals surface area contributed by atoms with Crippen molar-refractivity contribution in [2.45, 2.75) is 13.1 Å². The van der Waals surface area contributed by atoms with Gasteiger partial charge in [-0.2, -0.15) is 0 Å². The maximum absolute atomic E-state index is 10.6. The molecule has 6 nitrogen and oxygen atoms in total. The minimum Gasteiger partial charge on any atom is -0.481 e. The van der Waals surface area contributed by atoms with Crippen LogP contribution in [0.15, 0.2) is 36.5 Å². The number of nitrogens with zero attached hydrogens (tertiary/aromatic N) is 2. The Morgan fingerprint density at radius 1 is 1.33 bits per heavy atom. The maximum atomic E-state index is 10.6. The number of halogens is 1. The fourth-order valence-electron chi connectivity index (χ4n) is 1.87. The lowest BCUT2D eigenvalue weighted by atomic mass is 10.2. The average molecular weight is 308 g/mol. The summed E-state index contributed by atoms with van der Waals surface area (Å²) in [6, 6.07) is 8.18. The van der Waals surface area contributed by atoms with Gasteiger partial charge in [-0.15, -0.1) is 0 Å². The van der Waals surface area contributed by atoms with Gasteiger partial charge in [0.2, 0.25) is 5.88 Å². The van der Waals surface area contributed by atoms with Crippen LogP contribution in [0.3, 0.4) is 0 Å². The molecule has 0 aliphatic rings. The Morgan fingerprint density at radius 2 is 2.10 bits per heavy atom. The number of methoxy groups -OCH3 is 1. The van der Waals surface area contributed by atoms with Crippen molar-refractivity contribution < 1.29 is 9.66 Å². The van der Waals surface area contributed by atoms with Gasteiger partial charge in [0.25, 0.3) is 5.69 Å². The second-order valence-corrected chi connectivity index (χ2v) is 4.72. The Labute approximate surface area is 126 Å². The number of hydrogen-bond acceptors (Lipinski definition) is 5. The van der Waals surface area contributed by atoms with Crippen LogP contribution < -0.4 is 10.1 Å². The average Bonchev–Trinajstić information content (AvgIpc) is 2.49. The first kappa shape index (κ1) is 15.2. The summed E-state index contributed by atoms with van der Waals surface area (Å²) < 4.78 is 5.16. The molecule has 0 bridgehead atoms. The molecule has 1 heterocycles. The number of ether oxygens (including phenoxy) is 1. The first-order valence-electron chi connectivity index (χ1n) is 6.23. The summed E-state index contributed by atoms with van der Waals surface area (Å²) in [4.78, 5) is 14.3. The molecular formula is C14H14ClN3O3. The molecule has 0 aliphatic carbocycles. The highest BCUT2D eigenvalue weighted by molar-refractivity contribution is 6.31. The number of nitrogens with one attached hydrogen (secondary N) is 1. The van der Waals surface area contributed by atoms with Gasteiger partial charge in [-0.1, -0.05) is 17.7 Å². The molecule has 2 aromatic rings. The SMILES string of the molecule is COc1ncccc1CNCc1ccc([N+](=O)[O-])cc1Cl. The molecule has 0 amide bonds. The molecule has 0 fully saturated rings. The van der Waals surface area contributed by atoms with Crippen molar-refractivity contribution in [2.75, 3.05) is 7.11 Å². The number of aromatic nitrogens is 1. The van der Waals surface area contributed by atoms with E-state index in [0.29, 0.717) is 24.0 Å². The van der Waals surface area contributed by atoms with Crippen LogP contribution in [0.1, 0.15) is 11.1 Å². The van der Waals surface area contributed by atoms with Crippen LogP contribution in [-0.2, 0) is 13.1 Å². The van der Waals surface area contributed by atoms with Gasteiger partial charge in [-0.3, -0.25) is 10.1 Å². The molecule has 1 aromatic heterocycles. The molecule has 110 valence electrons. The lowest BCUT2D eigenvalue weighted by Gasteiger charge is -2.09. The Morgan fingerprint density at radius 3 is 2.76 bits per heavy atom. The summed E-state index contributed by atoms with van der Waals surface area (Å²) in [5.41, 5.74) is 1.71. The molecule has 2 rings (SSSR count). The highest BCUT2D eigenvalue weighted by atomic mass is 35.5.